The van der Waals surface area contributed by atoms with Gasteiger partial charge in [-0.1, -0.05) is 49.4 Å². The molecule has 0 amide bonds. The molecule has 4 nitrogen and oxygen atoms in total. The van der Waals surface area contributed by atoms with Crippen LogP contribution in [0.15, 0.2) is 42.7 Å². The Morgan fingerprint density at radius 3 is 2.63 bits per heavy atom. The molecule has 0 spiro atoms. The minimum absolute atomic E-state index is 0.407. The highest BCUT2D eigenvalue weighted by Gasteiger charge is 2.12. The number of nitrogens with zero attached hydrogens (tertiary/aromatic N) is 3. The molecule has 0 aliphatic rings. The van der Waals surface area contributed by atoms with E-state index in [1.807, 2.05) is 10.9 Å². The fourth-order valence-electron chi connectivity index (χ4n) is 2.20. The molecule has 0 saturated carbocycles. The predicted molar refractivity (Wildman–Crippen MR) is 76.7 cm³/mol. The molecule has 0 fully saturated rings. The van der Waals surface area contributed by atoms with E-state index in [9.17, 15) is 0 Å². The molecule has 102 valence electrons. The van der Waals surface area contributed by atoms with Crippen LogP contribution in [-0.4, -0.2) is 21.5 Å². The smallest absolute Gasteiger partial charge is 0.0692 e. The first-order valence-corrected chi connectivity index (χ1v) is 6.88. The van der Waals surface area contributed by atoms with E-state index in [1.54, 1.807) is 6.20 Å². The van der Waals surface area contributed by atoms with E-state index in [0.29, 0.717) is 12.0 Å². The summed E-state index contributed by atoms with van der Waals surface area (Å²) in [7, 11) is 0. The van der Waals surface area contributed by atoms with E-state index in [4.69, 9.17) is 0 Å². The summed E-state index contributed by atoms with van der Waals surface area (Å²) in [6.07, 6.45) is 4.74. The first-order valence-electron chi connectivity index (χ1n) is 6.88. The lowest BCUT2D eigenvalue weighted by Crippen LogP contribution is -2.26. The van der Waals surface area contributed by atoms with Gasteiger partial charge in [-0.25, -0.2) is 0 Å². The highest BCUT2D eigenvalue weighted by atomic mass is 15.4. The molecule has 1 aromatic heterocycles. The first-order chi connectivity index (χ1) is 9.25. The number of aromatic nitrogens is 3. The SMILES string of the molecule is CC(C)CC(NCCn1ccnn1)c1ccccc1. The van der Waals surface area contributed by atoms with Crippen molar-refractivity contribution in [1.82, 2.24) is 20.3 Å². The van der Waals surface area contributed by atoms with E-state index in [2.05, 4.69) is 59.8 Å². The van der Waals surface area contributed by atoms with Crippen LogP contribution >= 0.6 is 0 Å². The van der Waals surface area contributed by atoms with Crippen LogP contribution in [0.2, 0.25) is 0 Å². The number of hydrogen-bond donors (Lipinski definition) is 1. The molecule has 1 aromatic carbocycles. The Hall–Kier alpha value is -1.68. The topological polar surface area (TPSA) is 42.7 Å². The number of hydrogen-bond acceptors (Lipinski definition) is 3. The lowest BCUT2D eigenvalue weighted by molar-refractivity contribution is 0.412. The van der Waals surface area contributed by atoms with Crippen LogP contribution in [0.25, 0.3) is 0 Å². The third-order valence-electron chi connectivity index (χ3n) is 3.11. The minimum Gasteiger partial charge on any atom is -0.308 e. The molecule has 1 heterocycles. The molecule has 0 saturated heterocycles. The Morgan fingerprint density at radius 1 is 1.21 bits per heavy atom. The van der Waals surface area contributed by atoms with Crippen LogP contribution in [0.1, 0.15) is 31.9 Å². The Labute approximate surface area is 114 Å². The third-order valence-corrected chi connectivity index (χ3v) is 3.11. The number of benzene rings is 1. The molecule has 1 N–H and O–H groups in total. The van der Waals surface area contributed by atoms with Crippen molar-refractivity contribution in [3.05, 3.63) is 48.3 Å². The van der Waals surface area contributed by atoms with Crippen molar-refractivity contribution in [2.75, 3.05) is 6.54 Å². The van der Waals surface area contributed by atoms with Crippen LogP contribution < -0.4 is 5.32 Å². The second-order valence-electron chi connectivity index (χ2n) is 5.21. The number of rotatable bonds is 7. The van der Waals surface area contributed by atoms with Crippen LogP contribution in [0.5, 0.6) is 0 Å². The molecule has 1 unspecified atom stereocenters. The summed E-state index contributed by atoms with van der Waals surface area (Å²) in [5.41, 5.74) is 1.36. The van der Waals surface area contributed by atoms with E-state index in [1.165, 1.54) is 5.56 Å². The number of nitrogens with one attached hydrogen (secondary N) is 1. The lowest BCUT2D eigenvalue weighted by atomic mass is 9.97. The maximum absolute atomic E-state index is 3.97. The molecule has 4 heteroatoms. The van der Waals surface area contributed by atoms with E-state index < -0.39 is 0 Å². The van der Waals surface area contributed by atoms with Crippen molar-refractivity contribution in [1.29, 1.82) is 0 Å². The monoisotopic (exact) mass is 258 g/mol. The van der Waals surface area contributed by atoms with Gasteiger partial charge >= 0.3 is 0 Å². The summed E-state index contributed by atoms with van der Waals surface area (Å²) in [6, 6.07) is 11.0. The molecular formula is C15H22N4. The van der Waals surface area contributed by atoms with Gasteiger partial charge in [-0.3, -0.25) is 4.68 Å². The predicted octanol–water partition coefficient (Wildman–Crippen LogP) is 2.66. The van der Waals surface area contributed by atoms with E-state index >= 15 is 0 Å². The zero-order valence-corrected chi connectivity index (χ0v) is 11.7. The van der Waals surface area contributed by atoms with Gasteiger partial charge in [0.05, 0.1) is 12.7 Å². The fourth-order valence-corrected chi connectivity index (χ4v) is 2.20. The molecular weight excluding hydrogens is 236 g/mol. The molecule has 1 atom stereocenters. The zero-order chi connectivity index (χ0) is 13.5. The van der Waals surface area contributed by atoms with Crippen LogP contribution in [0, 0.1) is 5.92 Å². The summed E-state index contributed by atoms with van der Waals surface area (Å²) < 4.78 is 1.85. The van der Waals surface area contributed by atoms with Gasteiger partial charge < -0.3 is 5.32 Å². The van der Waals surface area contributed by atoms with Crippen LogP contribution in [-0.2, 0) is 6.54 Å². The summed E-state index contributed by atoms with van der Waals surface area (Å²) >= 11 is 0. The second kappa shape index (κ2) is 7.04. The average molecular weight is 258 g/mol. The Kier molecular flexibility index (Phi) is 5.10. The molecule has 19 heavy (non-hydrogen) atoms. The molecule has 2 aromatic rings. The van der Waals surface area contributed by atoms with Gasteiger partial charge in [0.1, 0.15) is 0 Å². The van der Waals surface area contributed by atoms with Gasteiger partial charge in [0.25, 0.3) is 0 Å². The standard InChI is InChI=1S/C15H22N4/c1-13(2)12-15(14-6-4-3-5-7-14)16-8-10-19-11-9-17-18-19/h3-7,9,11,13,15-16H,8,10,12H2,1-2H3. The van der Waals surface area contributed by atoms with Gasteiger partial charge in [-0.2, -0.15) is 0 Å². The Morgan fingerprint density at radius 2 is 2.00 bits per heavy atom. The molecule has 0 bridgehead atoms. The van der Waals surface area contributed by atoms with Crippen molar-refractivity contribution in [3.8, 4) is 0 Å². The van der Waals surface area contributed by atoms with Gasteiger partial charge in [0, 0.05) is 18.8 Å². The van der Waals surface area contributed by atoms with Crippen molar-refractivity contribution >= 4 is 0 Å². The summed E-state index contributed by atoms with van der Waals surface area (Å²) in [5.74, 6) is 0.670. The molecule has 2 rings (SSSR count). The average Bonchev–Trinajstić information content (AvgIpc) is 2.91. The quantitative estimate of drug-likeness (QED) is 0.830. The molecule has 0 aliphatic heterocycles. The lowest BCUT2D eigenvalue weighted by Gasteiger charge is -2.21. The highest BCUT2D eigenvalue weighted by Crippen LogP contribution is 2.20. The summed E-state index contributed by atoms with van der Waals surface area (Å²) in [4.78, 5) is 0. The van der Waals surface area contributed by atoms with Gasteiger partial charge in [-0.05, 0) is 17.9 Å². The largest absolute Gasteiger partial charge is 0.308 e. The summed E-state index contributed by atoms with van der Waals surface area (Å²) in [5, 5.41) is 11.4. The van der Waals surface area contributed by atoms with Crippen molar-refractivity contribution in [2.24, 2.45) is 5.92 Å². The normalized spacial score (nSPS) is 12.8. The van der Waals surface area contributed by atoms with E-state index in [0.717, 1.165) is 19.5 Å². The van der Waals surface area contributed by atoms with Crippen molar-refractivity contribution in [2.45, 2.75) is 32.9 Å². The van der Waals surface area contributed by atoms with Crippen LogP contribution in [0.4, 0.5) is 0 Å². The zero-order valence-electron chi connectivity index (χ0n) is 11.7. The minimum atomic E-state index is 0.407. The van der Waals surface area contributed by atoms with Crippen molar-refractivity contribution in [3.63, 3.8) is 0 Å². The van der Waals surface area contributed by atoms with Gasteiger partial charge in [0.15, 0.2) is 0 Å². The fraction of sp³-hybridized carbons (Fsp3) is 0.467. The highest BCUT2D eigenvalue weighted by molar-refractivity contribution is 5.18. The Bertz CT molecular complexity index is 450. The summed E-state index contributed by atoms with van der Waals surface area (Å²) in [6.45, 7) is 6.27. The second-order valence-corrected chi connectivity index (χ2v) is 5.21. The van der Waals surface area contributed by atoms with Gasteiger partial charge in [0.2, 0.25) is 0 Å². The first kappa shape index (κ1) is 13.7. The van der Waals surface area contributed by atoms with Crippen LogP contribution in [0.3, 0.4) is 0 Å². The Balaban J connectivity index is 1.91. The van der Waals surface area contributed by atoms with Crippen molar-refractivity contribution < 1.29 is 0 Å². The maximum Gasteiger partial charge on any atom is 0.0692 e. The third kappa shape index (κ3) is 4.48. The van der Waals surface area contributed by atoms with E-state index in [-0.39, 0.29) is 0 Å². The molecule has 0 radical (unpaired) electrons. The maximum atomic E-state index is 3.97. The molecule has 0 aliphatic carbocycles. The van der Waals surface area contributed by atoms with Gasteiger partial charge in [-0.15, -0.1) is 5.10 Å².